The van der Waals surface area contributed by atoms with Crippen molar-refractivity contribution in [1.82, 2.24) is 4.90 Å². The number of carbonyl (C=O) groups excluding carboxylic acids is 4. The maximum atomic E-state index is 13.4. The molecular weight excluding hydrogens is 518 g/mol. The zero-order valence-electron chi connectivity index (χ0n) is 18.8. The number of carboxylic acid groups (broad SMARTS) is 1. The van der Waals surface area contributed by atoms with Gasteiger partial charge in [0.05, 0.1) is 18.3 Å². The van der Waals surface area contributed by atoms with E-state index < -0.39 is 41.5 Å². The van der Waals surface area contributed by atoms with Gasteiger partial charge in [-0.25, -0.2) is 0 Å². The van der Waals surface area contributed by atoms with Gasteiger partial charge in [-0.3, -0.25) is 28.9 Å². The highest BCUT2D eigenvalue weighted by molar-refractivity contribution is 9.10. The Hall–Kier alpha value is -3.33. The number of nitrogens with zero attached hydrogens (tertiary/aromatic N) is 1. The van der Waals surface area contributed by atoms with Crippen LogP contribution in [0.2, 0.25) is 0 Å². The number of carbonyl (C=O) groups is 5. The number of ketones is 2. The summed E-state index contributed by atoms with van der Waals surface area (Å²) in [5, 5.41) is 19.8. The van der Waals surface area contributed by atoms with Crippen LogP contribution in [0.4, 0.5) is 0 Å². The highest BCUT2D eigenvalue weighted by Crippen LogP contribution is 2.56. The first-order valence-electron chi connectivity index (χ1n) is 11.4. The van der Waals surface area contributed by atoms with Crippen LogP contribution in [0, 0.1) is 17.8 Å². The fourth-order valence-electron chi connectivity index (χ4n) is 5.97. The van der Waals surface area contributed by atoms with E-state index in [0.717, 1.165) is 10.5 Å². The highest BCUT2D eigenvalue weighted by atomic mass is 79.9. The number of rotatable bonds is 4. The summed E-state index contributed by atoms with van der Waals surface area (Å²) in [5.74, 6) is -5.24. The number of aromatic hydroxyl groups is 1. The molecule has 3 aliphatic carbocycles. The average Bonchev–Trinajstić information content (AvgIpc) is 3.06. The number of hydrogen-bond donors (Lipinski definition) is 2. The number of amides is 2. The molecule has 1 saturated heterocycles. The van der Waals surface area contributed by atoms with Gasteiger partial charge in [0.1, 0.15) is 5.75 Å². The molecular formula is C26H22BrNO7. The van der Waals surface area contributed by atoms with Gasteiger partial charge in [-0.1, -0.05) is 27.6 Å². The van der Waals surface area contributed by atoms with Crippen LogP contribution in [0.3, 0.4) is 0 Å². The third-order valence-electron chi connectivity index (χ3n) is 7.51. The molecule has 0 aromatic heterocycles. The fraction of sp³-hybridized carbons (Fsp3) is 0.346. The third kappa shape index (κ3) is 3.60. The van der Waals surface area contributed by atoms with E-state index in [-0.39, 0.29) is 43.1 Å². The Morgan fingerprint density at radius 2 is 1.89 bits per heavy atom. The molecule has 180 valence electrons. The predicted octanol–water partition coefficient (Wildman–Crippen LogP) is 3.06. The van der Waals surface area contributed by atoms with Gasteiger partial charge in [-0.05, 0) is 50.0 Å². The van der Waals surface area contributed by atoms with Gasteiger partial charge in [0, 0.05) is 39.2 Å². The van der Waals surface area contributed by atoms with Crippen molar-refractivity contribution in [2.75, 3.05) is 6.54 Å². The quantitative estimate of drug-likeness (QED) is 0.341. The Balaban J connectivity index is 1.65. The van der Waals surface area contributed by atoms with E-state index in [0.29, 0.717) is 26.8 Å². The van der Waals surface area contributed by atoms with Crippen LogP contribution in [0.5, 0.6) is 5.75 Å². The van der Waals surface area contributed by atoms with E-state index in [1.54, 1.807) is 19.1 Å². The van der Waals surface area contributed by atoms with Gasteiger partial charge >= 0.3 is 5.97 Å². The molecule has 1 aromatic rings. The Labute approximate surface area is 209 Å². The summed E-state index contributed by atoms with van der Waals surface area (Å²) in [6.45, 7) is 1.38. The molecule has 0 bridgehead atoms. The SMILES string of the molecule is CC1=CC(=O)C2=C(C1=O)C(c1cc(Br)ccc1O)C1=CCC3C(=O)N(CCC(=O)O)C(=O)C3C1C2. The summed E-state index contributed by atoms with van der Waals surface area (Å²) >= 11 is 3.41. The van der Waals surface area contributed by atoms with E-state index in [2.05, 4.69) is 15.9 Å². The van der Waals surface area contributed by atoms with Gasteiger partial charge in [0.15, 0.2) is 11.6 Å². The number of carboxylic acids is 1. The maximum Gasteiger partial charge on any atom is 0.305 e. The molecule has 1 aromatic carbocycles. The van der Waals surface area contributed by atoms with Crippen LogP contribution < -0.4 is 0 Å². The van der Waals surface area contributed by atoms with Crippen LogP contribution in [0.15, 0.2) is 57.1 Å². The van der Waals surface area contributed by atoms with Crippen LogP contribution in [-0.2, 0) is 24.0 Å². The van der Waals surface area contributed by atoms with Crippen molar-refractivity contribution in [3.63, 3.8) is 0 Å². The summed E-state index contributed by atoms with van der Waals surface area (Å²) < 4.78 is 0.678. The molecule has 4 atom stereocenters. The van der Waals surface area contributed by atoms with Crippen molar-refractivity contribution in [2.45, 2.75) is 32.1 Å². The number of phenols is 1. The van der Waals surface area contributed by atoms with Crippen LogP contribution >= 0.6 is 15.9 Å². The van der Waals surface area contributed by atoms with Gasteiger partial charge in [0.25, 0.3) is 0 Å². The number of allylic oxidation sites excluding steroid dienone is 6. The Morgan fingerprint density at radius 1 is 1.14 bits per heavy atom. The molecule has 9 heteroatoms. The standard InChI is InChI=1S/C26H22BrNO7/c1-11-8-19(30)17-10-15-13(21(23(17)24(11)33)16-9-12(27)2-5-18(16)29)3-4-14-22(15)26(35)28(25(14)34)7-6-20(31)32/h2-3,5,8-9,14-15,21-22,29H,4,6-7,10H2,1H3,(H,31,32). The van der Waals surface area contributed by atoms with E-state index in [9.17, 15) is 29.1 Å². The maximum absolute atomic E-state index is 13.4. The molecule has 5 rings (SSSR count). The highest BCUT2D eigenvalue weighted by Gasteiger charge is 2.56. The van der Waals surface area contributed by atoms with Gasteiger partial charge in [-0.2, -0.15) is 0 Å². The second kappa shape index (κ2) is 8.41. The minimum absolute atomic E-state index is 0.0434. The van der Waals surface area contributed by atoms with Crippen molar-refractivity contribution in [2.24, 2.45) is 17.8 Å². The normalized spacial score (nSPS) is 27.9. The minimum Gasteiger partial charge on any atom is -0.508 e. The van der Waals surface area contributed by atoms with Gasteiger partial charge in [0.2, 0.25) is 11.8 Å². The van der Waals surface area contributed by atoms with Gasteiger partial charge < -0.3 is 10.2 Å². The van der Waals surface area contributed by atoms with E-state index in [1.807, 2.05) is 6.08 Å². The number of Topliss-reactive ketones (excluding diaryl/α,β-unsaturated/α-hetero) is 1. The third-order valence-corrected chi connectivity index (χ3v) is 8.00. The summed E-state index contributed by atoms with van der Waals surface area (Å²) in [4.78, 5) is 64.9. The number of halogens is 1. The number of phenolic OH excluding ortho intramolecular Hbond substituents is 1. The van der Waals surface area contributed by atoms with Crippen LogP contribution in [-0.4, -0.2) is 51.0 Å². The molecule has 4 aliphatic rings. The topological polar surface area (TPSA) is 129 Å². The lowest BCUT2D eigenvalue weighted by Gasteiger charge is -2.42. The van der Waals surface area contributed by atoms with Crippen LogP contribution in [0.1, 0.15) is 37.7 Å². The number of likely N-dealkylation sites (tertiary alicyclic amines) is 1. The second-order valence-corrected chi connectivity index (χ2v) is 10.3. The monoisotopic (exact) mass is 539 g/mol. The molecule has 35 heavy (non-hydrogen) atoms. The first-order chi connectivity index (χ1) is 16.6. The largest absolute Gasteiger partial charge is 0.508 e. The molecule has 1 fully saturated rings. The van der Waals surface area contributed by atoms with Crippen molar-refractivity contribution >= 4 is 45.3 Å². The lowest BCUT2D eigenvalue weighted by Crippen LogP contribution is -2.40. The first kappa shape index (κ1) is 23.4. The molecule has 1 heterocycles. The molecule has 2 N–H and O–H groups in total. The van der Waals surface area contributed by atoms with Crippen molar-refractivity contribution in [1.29, 1.82) is 0 Å². The predicted molar refractivity (Wildman–Crippen MR) is 126 cm³/mol. The van der Waals surface area contributed by atoms with Gasteiger partial charge in [-0.15, -0.1) is 0 Å². The Bertz CT molecular complexity index is 1320. The average molecular weight is 540 g/mol. The van der Waals surface area contributed by atoms with Crippen molar-refractivity contribution in [3.05, 3.63) is 62.7 Å². The molecule has 1 aliphatic heterocycles. The number of hydrogen-bond acceptors (Lipinski definition) is 6. The summed E-state index contributed by atoms with van der Waals surface area (Å²) in [6.07, 6.45) is 3.21. The first-order valence-corrected chi connectivity index (χ1v) is 12.1. The van der Waals surface area contributed by atoms with Crippen LogP contribution in [0.25, 0.3) is 0 Å². The molecule has 8 nitrogen and oxygen atoms in total. The zero-order chi connectivity index (χ0) is 25.2. The molecule has 2 amide bonds. The molecule has 0 radical (unpaired) electrons. The van der Waals surface area contributed by atoms with Crippen molar-refractivity contribution < 1.29 is 34.2 Å². The summed E-state index contributed by atoms with van der Waals surface area (Å²) in [5.41, 5.74) is 2.10. The van der Waals surface area contributed by atoms with E-state index in [4.69, 9.17) is 5.11 Å². The zero-order valence-corrected chi connectivity index (χ0v) is 20.4. The lowest BCUT2D eigenvalue weighted by atomic mass is 9.59. The fourth-order valence-corrected chi connectivity index (χ4v) is 6.35. The smallest absolute Gasteiger partial charge is 0.305 e. The summed E-state index contributed by atoms with van der Waals surface area (Å²) in [6, 6.07) is 4.87. The number of benzene rings is 1. The van der Waals surface area contributed by atoms with E-state index in [1.165, 1.54) is 12.1 Å². The lowest BCUT2D eigenvalue weighted by molar-refractivity contribution is -0.142. The molecule has 0 saturated carbocycles. The second-order valence-electron chi connectivity index (χ2n) is 9.40. The van der Waals surface area contributed by atoms with E-state index >= 15 is 0 Å². The number of aliphatic carboxylic acids is 1. The summed E-state index contributed by atoms with van der Waals surface area (Å²) in [7, 11) is 0. The minimum atomic E-state index is -1.11. The molecule has 4 unspecified atom stereocenters. The van der Waals surface area contributed by atoms with Crippen molar-refractivity contribution in [3.8, 4) is 5.75 Å². The Morgan fingerprint density at radius 3 is 2.60 bits per heavy atom. The Kier molecular flexibility index (Phi) is 5.62. The number of imide groups is 1. The molecule has 0 spiro atoms. The number of fused-ring (bicyclic) bond motifs is 3.